The van der Waals surface area contributed by atoms with Gasteiger partial charge in [0.2, 0.25) is 5.91 Å². The number of likely N-dealkylation sites (tertiary alicyclic amines) is 1. The van der Waals surface area contributed by atoms with Crippen LogP contribution < -0.4 is 5.32 Å². The molecule has 3 rings (SSSR count). The minimum Gasteiger partial charge on any atom is -0.367 e. The van der Waals surface area contributed by atoms with Gasteiger partial charge >= 0.3 is 0 Å². The minimum absolute atomic E-state index is 0.0582. The van der Waals surface area contributed by atoms with E-state index in [-0.39, 0.29) is 12.5 Å². The van der Waals surface area contributed by atoms with Crippen molar-refractivity contribution in [2.45, 2.75) is 26.9 Å². The maximum atomic E-state index is 11.9. The van der Waals surface area contributed by atoms with Crippen molar-refractivity contribution in [2.75, 3.05) is 31.6 Å². The number of carbonyl (C=O) groups excluding carboxylic acids is 1. The number of anilines is 1. The van der Waals surface area contributed by atoms with E-state index >= 15 is 0 Å². The molecular weight excluding hydrogens is 336 g/mol. The van der Waals surface area contributed by atoms with E-state index in [1.165, 1.54) is 18.7 Å². The van der Waals surface area contributed by atoms with Crippen molar-refractivity contribution in [1.29, 1.82) is 0 Å². The molecule has 0 aliphatic carbocycles. The number of nitrogens with one attached hydrogen (secondary N) is 1. The van der Waals surface area contributed by atoms with Crippen LogP contribution in [-0.4, -0.2) is 37.0 Å². The summed E-state index contributed by atoms with van der Waals surface area (Å²) in [6.45, 7) is 8.73. The number of hydrogen-bond acceptors (Lipinski definition) is 3. The first-order chi connectivity index (χ1) is 13.1. The van der Waals surface area contributed by atoms with Crippen LogP contribution in [0.15, 0.2) is 54.6 Å². The van der Waals surface area contributed by atoms with Crippen LogP contribution in [0.1, 0.15) is 25.0 Å². The van der Waals surface area contributed by atoms with E-state index in [0.717, 1.165) is 36.1 Å². The van der Waals surface area contributed by atoms with Crippen LogP contribution in [0, 0.1) is 11.8 Å². The predicted octanol–water partition coefficient (Wildman–Crippen LogP) is 3.97. The van der Waals surface area contributed by atoms with Gasteiger partial charge in [0.1, 0.15) is 6.61 Å². The smallest absolute Gasteiger partial charge is 0.250 e. The molecule has 0 bridgehead atoms. The van der Waals surface area contributed by atoms with Crippen molar-refractivity contribution >= 4 is 11.6 Å². The van der Waals surface area contributed by atoms with Crippen molar-refractivity contribution in [2.24, 2.45) is 11.8 Å². The molecule has 1 aliphatic heterocycles. The van der Waals surface area contributed by atoms with Crippen LogP contribution in [0.4, 0.5) is 5.69 Å². The highest BCUT2D eigenvalue weighted by molar-refractivity contribution is 5.91. The molecule has 1 aliphatic rings. The third kappa shape index (κ3) is 6.19. The van der Waals surface area contributed by atoms with E-state index < -0.39 is 0 Å². The highest BCUT2D eigenvalue weighted by Gasteiger charge is 2.25. The maximum absolute atomic E-state index is 11.9. The molecule has 2 aromatic rings. The molecule has 0 radical (unpaired) electrons. The van der Waals surface area contributed by atoms with Crippen molar-refractivity contribution in [3.05, 3.63) is 65.7 Å². The summed E-state index contributed by atoms with van der Waals surface area (Å²) < 4.78 is 5.59. The second kappa shape index (κ2) is 9.67. The molecule has 1 amide bonds. The van der Waals surface area contributed by atoms with Gasteiger partial charge in [0, 0.05) is 25.3 Å². The summed E-state index contributed by atoms with van der Waals surface area (Å²) in [4.78, 5) is 14.5. The molecule has 27 heavy (non-hydrogen) atoms. The zero-order chi connectivity index (χ0) is 19.1. The molecule has 1 N–H and O–H groups in total. The first kappa shape index (κ1) is 19.6. The summed E-state index contributed by atoms with van der Waals surface area (Å²) in [7, 11) is 0. The third-order valence-electron chi connectivity index (χ3n) is 5.33. The molecule has 144 valence electrons. The number of rotatable bonds is 8. The van der Waals surface area contributed by atoms with Gasteiger partial charge in [-0.1, -0.05) is 56.3 Å². The molecular formula is C23H30N2O2. The molecule has 1 heterocycles. The number of nitrogens with zero attached hydrogens (tertiary/aromatic N) is 1. The Balaban J connectivity index is 1.40. The van der Waals surface area contributed by atoms with Gasteiger partial charge in [-0.3, -0.25) is 4.79 Å². The van der Waals surface area contributed by atoms with Gasteiger partial charge in [-0.15, -0.1) is 0 Å². The zero-order valence-corrected chi connectivity index (χ0v) is 16.4. The lowest BCUT2D eigenvalue weighted by Gasteiger charge is -2.15. The molecule has 2 atom stereocenters. The van der Waals surface area contributed by atoms with Crippen molar-refractivity contribution in [3.63, 3.8) is 0 Å². The van der Waals surface area contributed by atoms with Crippen molar-refractivity contribution < 1.29 is 9.53 Å². The molecule has 0 spiro atoms. The summed E-state index contributed by atoms with van der Waals surface area (Å²) in [5.74, 6) is 1.47. The largest absolute Gasteiger partial charge is 0.367 e. The van der Waals surface area contributed by atoms with Gasteiger partial charge in [0.05, 0.1) is 6.61 Å². The standard InChI is InChI=1S/C23H30N2O2/c1-18-14-25(15-19(18)2)12-11-20-7-6-8-21(13-20)16-27-17-23(26)24-22-9-4-3-5-10-22/h3-10,13,18-19H,11-12,14-17H2,1-2H3,(H,24,26). The molecule has 0 aromatic heterocycles. The summed E-state index contributed by atoms with van der Waals surface area (Å²) in [5.41, 5.74) is 3.24. The van der Waals surface area contributed by atoms with Crippen LogP contribution in [0.5, 0.6) is 0 Å². The second-order valence-electron chi connectivity index (χ2n) is 7.69. The molecule has 1 saturated heterocycles. The van der Waals surface area contributed by atoms with E-state index in [4.69, 9.17) is 4.74 Å². The summed E-state index contributed by atoms with van der Waals surface area (Å²) in [6.07, 6.45) is 1.06. The Hall–Kier alpha value is -2.17. The van der Waals surface area contributed by atoms with Gasteiger partial charge in [-0.05, 0) is 41.5 Å². The first-order valence-corrected chi connectivity index (χ1v) is 9.83. The fourth-order valence-electron chi connectivity index (χ4n) is 3.57. The maximum Gasteiger partial charge on any atom is 0.250 e. The molecule has 0 saturated carbocycles. The van der Waals surface area contributed by atoms with Crippen molar-refractivity contribution in [1.82, 2.24) is 4.90 Å². The van der Waals surface area contributed by atoms with Crippen LogP contribution in [0.3, 0.4) is 0 Å². The third-order valence-corrected chi connectivity index (χ3v) is 5.33. The van der Waals surface area contributed by atoms with Gasteiger partial charge in [0.15, 0.2) is 0 Å². The van der Waals surface area contributed by atoms with Gasteiger partial charge < -0.3 is 15.0 Å². The Kier molecular flexibility index (Phi) is 7.02. The number of benzene rings is 2. The Morgan fingerprint density at radius 3 is 2.48 bits per heavy atom. The van der Waals surface area contributed by atoms with Crippen LogP contribution >= 0.6 is 0 Å². The molecule has 4 nitrogen and oxygen atoms in total. The Morgan fingerprint density at radius 2 is 1.74 bits per heavy atom. The minimum atomic E-state index is -0.130. The molecule has 2 unspecified atom stereocenters. The Morgan fingerprint density at radius 1 is 1.04 bits per heavy atom. The average molecular weight is 367 g/mol. The van der Waals surface area contributed by atoms with Crippen LogP contribution in [0.2, 0.25) is 0 Å². The van der Waals surface area contributed by atoms with Gasteiger partial charge in [-0.2, -0.15) is 0 Å². The summed E-state index contributed by atoms with van der Waals surface area (Å²) in [5, 5.41) is 2.83. The number of hydrogen-bond donors (Lipinski definition) is 1. The van der Waals surface area contributed by atoms with Crippen molar-refractivity contribution in [3.8, 4) is 0 Å². The Labute approximate surface area is 162 Å². The SMILES string of the molecule is CC1CN(CCc2cccc(COCC(=O)Nc3ccccc3)c2)CC1C. The lowest BCUT2D eigenvalue weighted by molar-refractivity contribution is -0.121. The van der Waals surface area contributed by atoms with E-state index in [0.29, 0.717) is 6.61 Å². The molecule has 4 heteroatoms. The fraction of sp³-hybridized carbons (Fsp3) is 0.435. The zero-order valence-electron chi connectivity index (χ0n) is 16.4. The van der Waals surface area contributed by atoms with Gasteiger partial charge in [0.25, 0.3) is 0 Å². The summed E-state index contributed by atoms with van der Waals surface area (Å²) in [6, 6.07) is 17.9. The molecule has 1 fully saturated rings. The monoisotopic (exact) mass is 366 g/mol. The predicted molar refractivity (Wildman–Crippen MR) is 110 cm³/mol. The number of ether oxygens (including phenoxy) is 1. The van der Waals surface area contributed by atoms with E-state index in [2.05, 4.69) is 48.3 Å². The second-order valence-corrected chi connectivity index (χ2v) is 7.69. The van der Waals surface area contributed by atoms with Crippen LogP contribution in [0.25, 0.3) is 0 Å². The normalized spacial score (nSPS) is 19.9. The number of para-hydroxylation sites is 1. The lowest BCUT2D eigenvalue weighted by atomic mass is 10.0. The highest BCUT2D eigenvalue weighted by Crippen LogP contribution is 2.22. The summed E-state index contributed by atoms with van der Waals surface area (Å²) >= 11 is 0. The lowest BCUT2D eigenvalue weighted by Crippen LogP contribution is -2.23. The first-order valence-electron chi connectivity index (χ1n) is 9.83. The van der Waals surface area contributed by atoms with E-state index in [1.54, 1.807) is 0 Å². The van der Waals surface area contributed by atoms with E-state index in [9.17, 15) is 4.79 Å². The Bertz CT molecular complexity index is 722. The highest BCUT2D eigenvalue weighted by atomic mass is 16.5. The van der Waals surface area contributed by atoms with Crippen LogP contribution in [-0.2, 0) is 22.6 Å². The number of amides is 1. The quantitative estimate of drug-likeness (QED) is 0.768. The average Bonchev–Trinajstić information content (AvgIpc) is 2.99. The topological polar surface area (TPSA) is 41.6 Å². The fourth-order valence-corrected chi connectivity index (χ4v) is 3.57. The van der Waals surface area contributed by atoms with Gasteiger partial charge in [-0.25, -0.2) is 0 Å². The van der Waals surface area contributed by atoms with E-state index in [1.807, 2.05) is 30.3 Å². The number of carbonyl (C=O) groups is 1. The molecule has 2 aromatic carbocycles.